The molecule has 28 heavy (non-hydrogen) atoms. The number of thioether (sulfide) groups is 1. The van der Waals surface area contributed by atoms with Crippen LogP contribution in [0.25, 0.3) is 22.4 Å². The molecule has 0 unspecified atom stereocenters. The maximum Gasteiger partial charge on any atom is 0.257 e. The Labute approximate surface area is 169 Å². The van der Waals surface area contributed by atoms with Crippen LogP contribution in [-0.4, -0.2) is 22.9 Å². The topological polar surface area (TPSA) is 80.6 Å². The number of halogens is 1. The van der Waals surface area contributed by atoms with Gasteiger partial charge in [0, 0.05) is 10.6 Å². The molecular formula is C20H14ClN3O3S. The van der Waals surface area contributed by atoms with Crippen LogP contribution in [0.4, 0.5) is 0 Å². The number of hydrogen-bond acceptors (Lipinski definition) is 6. The zero-order valence-corrected chi connectivity index (χ0v) is 16.0. The Bertz CT molecular complexity index is 1100. The normalized spacial score (nSPS) is 11.3. The summed E-state index contributed by atoms with van der Waals surface area (Å²) in [6, 6.07) is 18.4. The van der Waals surface area contributed by atoms with Gasteiger partial charge < -0.3 is 8.83 Å². The highest BCUT2D eigenvalue weighted by Crippen LogP contribution is 2.24. The Balaban J connectivity index is 1.29. The van der Waals surface area contributed by atoms with Gasteiger partial charge in [-0.25, -0.2) is 10.4 Å². The molecule has 8 heteroatoms. The van der Waals surface area contributed by atoms with Gasteiger partial charge in [0.05, 0.1) is 12.0 Å². The molecule has 0 atom stereocenters. The number of furan rings is 1. The molecule has 0 saturated heterocycles. The van der Waals surface area contributed by atoms with Crippen molar-refractivity contribution in [1.82, 2.24) is 10.4 Å². The molecule has 4 aromatic rings. The summed E-state index contributed by atoms with van der Waals surface area (Å²) in [6.07, 6.45) is 1.45. The SMILES string of the molecule is O=C(CSc1nc2ccccc2o1)N/N=C\c1ccc(-c2ccc(Cl)cc2)o1. The largest absolute Gasteiger partial charge is 0.455 e. The summed E-state index contributed by atoms with van der Waals surface area (Å²) in [5.74, 6) is 1.08. The Morgan fingerprint density at radius 3 is 2.75 bits per heavy atom. The van der Waals surface area contributed by atoms with Gasteiger partial charge in [0.15, 0.2) is 5.58 Å². The van der Waals surface area contributed by atoms with Gasteiger partial charge in [-0.05, 0) is 48.5 Å². The van der Waals surface area contributed by atoms with E-state index < -0.39 is 0 Å². The van der Waals surface area contributed by atoms with E-state index in [1.165, 1.54) is 18.0 Å². The number of hydrogen-bond donors (Lipinski definition) is 1. The minimum absolute atomic E-state index is 0.137. The second-order valence-electron chi connectivity index (χ2n) is 5.74. The molecule has 4 rings (SSSR count). The smallest absolute Gasteiger partial charge is 0.257 e. The number of nitrogens with zero attached hydrogens (tertiary/aromatic N) is 2. The first-order valence-electron chi connectivity index (χ1n) is 8.33. The van der Waals surface area contributed by atoms with Crippen LogP contribution >= 0.6 is 23.4 Å². The lowest BCUT2D eigenvalue weighted by Crippen LogP contribution is -2.19. The van der Waals surface area contributed by atoms with Crippen molar-refractivity contribution in [2.75, 3.05) is 5.75 Å². The molecule has 2 aromatic carbocycles. The number of hydrazone groups is 1. The van der Waals surface area contributed by atoms with Gasteiger partial charge in [0.25, 0.3) is 11.1 Å². The number of oxazole rings is 1. The summed E-state index contributed by atoms with van der Waals surface area (Å²) >= 11 is 7.09. The van der Waals surface area contributed by atoms with Crippen LogP contribution in [0, 0.1) is 0 Å². The van der Waals surface area contributed by atoms with Crippen LogP contribution in [0.3, 0.4) is 0 Å². The molecule has 0 bridgehead atoms. The second kappa shape index (κ2) is 8.33. The van der Waals surface area contributed by atoms with E-state index in [0.29, 0.717) is 27.3 Å². The maximum absolute atomic E-state index is 11.9. The molecule has 0 aliphatic carbocycles. The molecule has 0 aliphatic rings. The second-order valence-corrected chi connectivity index (χ2v) is 7.10. The molecular weight excluding hydrogens is 398 g/mol. The fourth-order valence-electron chi connectivity index (χ4n) is 2.43. The van der Waals surface area contributed by atoms with E-state index >= 15 is 0 Å². The number of rotatable bonds is 6. The van der Waals surface area contributed by atoms with Crippen LogP contribution in [-0.2, 0) is 4.79 Å². The quantitative estimate of drug-likeness (QED) is 0.275. The molecule has 1 amide bonds. The van der Waals surface area contributed by atoms with Crippen molar-refractivity contribution < 1.29 is 13.6 Å². The highest BCUT2D eigenvalue weighted by atomic mass is 35.5. The Kier molecular flexibility index (Phi) is 5.45. The van der Waals surface area contributed by atoms with Gasteiger partial charge >= 0.3 is 0 Å². The Morgan fingerprint density at radius 1 is 1.11 bits per heavy atom. The molecule has 0 saturated carbocycles. The number of aromatic nitrogens is 1. The van der Waals surface area contributed by atoms with Gasteiger partial charge in [-0.1, -0.05) is 35.5 Å². The lowest BCUT2D eigenvalue weighted by atomic mass is 10.2. The highest BCUT2D eigenvalue weighted by Gasteiger charge is 2.09. The van der Waals surface area contributed by atoms with Crippen molar-refractivity contribution in [3.05, 3.63) is 71.4 Å². The molecule has 0 spiro atoms. The fraction of sp³-hybridized carbons (Fsp3) is 0.0500. The molecule has 2 heterocycles. The number of amides is 1. The number of nitrogens with one attached hydrogen (secondary N) is 1. The monoisotopic (exact) mass is 411 g/mol. The molecule has 0 radical (unpaired) electrons. The summed E-state index contributed by atoms with van der Waals surface area (Å²) < 4.78 is 11.2. The minimum Gasteiger partial charge on any atom is -0.455 e. The molecule has 0 fully saturated rings. The highest BCUT2D eigenvalue weighted by molar-refractivity contribution is 7.99. The first kappa shape index (κ1) is 18.3. The van der Waals surface area contributed by atoms with Gasteiger partial charge in [-0.2, -0.15) is 5.10 Å². The number of fused-ring (bicyclic) bond motifs is 1. The van der Waals surface area contributed by atoms with Gasteiger partial charge in [0.1, 0.15) is 17.0 Å². The Hall–Kier alpha value is -3.03. The zero-order chi connectivity index (χ0) is 19.3. The summed E-state index contributed by atoms with van der Waals surface area (Å²) in [6.45, 7) is 0. The van der Waals surface area contributed by atoms with Crippen LogP contribution in [0.1, 0.15) is 5.76 Å². The Morgan fingerprint density at radius 2 is 1.93 bits per heavy atom. The standard InChI is InChI=1S/C20H14ClN3O3S/c21-14-7-5-13(6-8-14)17-10-9-15(26-17)11-22-24-19(25)12-28-20-23-16-3-1-2-4-18(16)27-20/h1-11H,12H2,(H,24,25)/b22-11-. The average molecular weight is 412 g/mol. The number of carbonyl (C=O) groups is 1. The van der Waals surface area contributed by atoms with E-state index in [1.807, 2.05) is 42.5 Å². The lowest BCUT2D eigenvalue weighted by molar-refractivity contribution is -0.118. The van der Waals surface area contributed by atoms with Gasteiger partial charge in [-0.3, -0.25) is 4.79 Å². The summed E-state index contributed by atoms with van der Waals surface area (Å²) in [5.41, 5.74) is 4.81. The predicted molar refractivity (Wildman–Crippen MR) is 110 cm³/mol. The molecule has 0 aliphatic heterocycles. The van der Waals surface area contributed by atoms with Gasteiger partial charge in [-0.15, -0.1) is 0 Å². The summed E-state index contributed by atoms with van der Waals surface area (Å²) in [7, 11) is 0. The number of benzene rings is 2. The van der Waals surface area contributed by atoms with Crippen LogP contribution < -0.4 is 5.43 Å². The average Bonchev–Trinajstić information content (AvgIpc) is 3.33. The van der Waals surface area contributed by atoms with Crippen molar-refractivity contribution in [3.63, 3.8) is 0 Å². The third-order valence-corrected chi connectivity index (χ3v) is 4.82. The van der Waals surface area contributed by atoms with Crippen molar-refractivity contribution in [1.29, 1.82) is 0 Å². The van der Waals surface area contributed by atoms with E-state index in [1.54, 1.807) is 18.2 Å². The van der Waals surface area contributed by atoms with Crippen molar-refractivity contribution in [2.24, 2.45) is 5.10 Å². The predicted octanol–water partition coefficient (Wildman–Crippen LogP) is 4.98. The van der Waals surface area contributed by atoms with Crippen molar-refractivity contribution in [2.45, 2.75) is 5.22 Å². The zero-order valence-electron chi connectivity index (χ0n) is 14.5. The van der Waals surface area contributed by atoms with E-state index in [4.69, 9.17) is 20.4 Å². The van der Waals surface area contributed by atoms with E-state index in [0.717, 1.165) is 11.1 Å². The van der Waals surface area contributed by atoms with E-state index in [2.05, 4.69) is 15.5 Å². The van der Waals surface area contributed by atoms with Crippen LogP contribution in [0.5, 0.6) is 0 Å². The van der Waals surface area contributed by atoms with Crippen molar-refractivity contribution in [3.8, 4) is 11.3 Å². The third-order valence-electron chi connectivity index (χ3n) is 3.74. The number of para-hydroxylation sites is 2. The molecule has 140 valence electrons. The minimum atomic E-state index is -0.270. The molecule has 2 aromatic heterocycles. The summed E-state index contributed by atoms with van der Waals surface area (Å²) in [4.78, 5) is 16.2. The lowest BCUT2D eigenvalue weighted by Gasteiger charge is -1.97. The van der Waals surface area contributed by atoms with E-state index in [-0.39, 0.29) is 11.7 Å². The third kappa shape index (κ3) is 4.44. The van der Waals surface area contributed by atoms with Gasteiger partial charge in [0.2, 0.25) is 0 Å². The first-order chi connectivity index (χ1) is 13.7. The summed E-state index contributed by atoms with van der Waals surface area (Å²) in [5, 5.41) is 5.02. The van der Waals surface area contributed by atoms with Crippen LogP contribution in [0.15, 0.2) is 79.8 Å². The fourth-order valence-corrected chi connectivity index (χ4v) is 3.19. The number of carbonyl (C=O) groups excluding carboxylic acids is 1. The maximum atomic E-state index is 11.9. The van der Waals surface area contributed by atoms with E-state index in [9.17, 15) is 4.79 Å². The first-order valence-corrected chi connectivity index (χ1v) is 9.70. The molecule has 1 N–H and O–H groups in total. The van der Waals surface area contributed by atoms with Crippen molar-refractivity contribution >= 4 is 46.6 Å². The van der Waals surface area contributed by atoms with Crippen LogP contribution in [0.2, 0.25) is 5.02 Å². The molecule has 6 nitrogen and oxygen atoms in total.